The van der Waals surface area contributed by atoms with Gasteiger partial charge in [-0.05, 0) is 77.0 Å². The lowest BCUT2D eigenvalue weighted by Gasteiger charge is -2.18. The number of unbranched alkanes of at least 4 members (excludes halogenated alkanes) is 31. The van der Waals surface area contributed by atoms with Crippen LogP contribution in [0.2, 0.25) is 0 Å². The maximum atomic E-state index is 12.8. The van der Waals surface area contributed by atoms with Crippen molar-refractivity contribution in [1.82, 2.24) is 0 Å². The fourth-order valence-electron chi connectivity index (χ4n) is 7.84. The third-order valence-electron chi connectivity index (χ3n) is 12.1. The summed E-state index contributed by atoms with van der Waals surface area (Å²) in [5.41, 5.74) is 0. The number of hydrogen-bond donors (Lipinski definition) is 0. The highest BCUT2D eigenvalue weighted by atomic mass is 16.6. The molecule has 0 aromatic rings. The van der Waals surface area contributed by atoms with Crippen LogP contribution in [0.4, 0.5) is 0 Å². The van der Waals surface area contributed by atoms with E-state index >= 15 is 0 Å². The van der Waals surface area contributed by atoms with Crippen LogP contribution in [0.15, 0.2) is 48.6 Å². The molecule has 0 saturated carbocycles. The number of rotatable bonds is 50. The first-order valence-electron chi connectivity index (χ1n) is 27.6. The number of esters is 3. The summed E-state index contributed by atoms with van der Waals surface area (Å²) in [5, 5.41) is 0. The molecule has 64 heavy (non-hydrogen) atoms. The van der Waals surface area contributed by atoms with E-state index in [0.29, 0.717) is 19.3 Å². The number of hydrogen-bond acceptors (Lipinski definition) is 6. The molecular formula is C58H104O6. The van der Waals surface area contributed by atoms with Crippen molar-refractivity contribution in [1.29, 1.82) is 0 Å². The second-order valence-corrected chi connectivity index (χ2v) is 18.5. The summed E-state index contributed by atoms with van der Waals surface area (Å²) in [7, 11) is 0. The maximum Gasteiger partial charge on any atom is 0.306 e. The van der Waals surface area contributed by atoms with Gasteiger partial charge in [0.25, 0.3) is 0 Å². The summed E-state index contributed by atoms with van der Waals surface area (Å²) in [4.78, 5) is 38.1. The van der Waals surface area contributed by atoms with Gasteiger partial charge < -0.3 is 14.2 Å². The molecule has 0 aromatic carbocycles. The van der Waals surface area contributed by atoms with Crippen molar-refractivity contribution in [2.45, 2.75) is 290 Å². The summed E-state index contributed by atoms with van der Waals surface area (Å²) >= 11 is 0. The van der Waals surface area contributed by atoms with E-state index in [0.717, 1.165) is 89.9 Å². The van der Waals surface area contributed by atoms with E-state index in [9.17, 15) is 14.4 Å². The molecule has 0 aromatic heterocycles. The van der Waals surface area contributed by atoms with Crippen LogP contribution in [-0.4, -0.2) is 37.2 Å². The second-order valence-electron chi connectivity index (χ2n) is 18.5. The topological polar surface area (TPSA) is 78.9 Å². The summed E-state index contributed by atoms with van der Waals surface area (Å²) in [6.07, 6.45) is 63.7. The van der Waals surface area contributed by atoms with E-state index in [1.165, 1.54) is 154 Å². The first-order valence-corrected chi connectivity index (χ1v) is 27.6. The van der Waals surface area contributed by atoms with Gasteiger partial charge in [-0.3, -0.25) is 14.4 Å². The van der Waals surface area contributed by atoms with Crippen molar-refractivity contribution in [3.63, 3.8) is 0 Å². The molecule has 0 bridgehead atoms. The van der Waals surface area contributed by atoms with E-state index in [4.69, 9.17) is 14.2 Å². The lowest BCUT2D eigenvalue weighted by Crippen LogP contribution is -2.30. The molecule has 0 aliphatic heterocycles. The largest absolute Gasteiger partial charge is 0.462 e. The van der Waals surface area contributed by atoms with Gasteiger partial charge in [0.1, 0.15) is 13.2 Å². The highest BCUT2D eigenvalue weighted by Crippen LogP contribution is 2.16. The van der Waals surface area contributed by atoms with E-state index in [-0.39, 0.29) is 31.1 Å². The lowest BCUT2D eigenvalue weighted by atomic mass is 10.0. The maximum absolute atomic E-state index is 12.8. The highest BCUT2D eigenvalue weighted by Gasteiger charge is 2.19. The Hall–Kier alpha value is -2.63. The standard InChI is InChI=1S/C58H104O6/c1-4-7-10-13-16-19-22-25-28-29-31-33-36-39-42-45-48-51-57(60)63-54-55(53-62-56(59)50-47-44-41-38-35-32-27-24-21-18-15-12-9-6-3)64-58(61)52-49-46-43-40-37-34-30-26-23-20-17-14-11-8-5-2/h15-16,18-19,24-25,27-28,55H,4-14,17,20-23,26,29-54H2,1-3H3/b18-15-,19-16-,27-24-,28-25-. The molecule has 0 rings (SSSR count). The Balaban J connectivity index is 4.38. The number of carbonyl (C=O) groups is 3. The zero-order chi connectivity index (χ0) is 46.5. The minimum Gasteiger partial charge on any atom is -0.462 e. The third kappa shape index (κ3) is 50.4. The van der Waals surface area contributed by atoms with Gasteiger partial charge in [0.15, 0.2) is 6.10 Å². The zero-order valence-corrected chi connectivity index (χ0v) is 42.6. The second kappa shape index (κ2) is 53.0. The average molecular weight is 897 g/mol. The zero-order valence-electron chi connectivity index (χ0n) is 42.6. The van der Waals surface area contributed by atoms with E-state index in [1.807, 2.05) is 0 Å². The summed E-state index contributed by atoms with van der Waals surface area (Å²) in [6.45, 7) is 6.58. The number of allylic oxidation sites excluding steroid dienone is 8. The Morgan fingerprint density at radius 2 is 0.578 bits per heavy atom. The molecule has 1 atom stereocenters. The average Bonchev–Trinajstić information content (AvgIpc) is 3.29. The van der Waals surface area contributed by atoms with E-state index in [2.05, 4.69) is 69.4 Å². The molecule has 0 fully saturated rings. The highest BCUT2D eigenvalue weighted by molar-refractivity contribution is 5.71. The van der Waals surface area contributed by atoms with Gasteiger partial charge in [-0.1, -0.05) is 236 Å². The van der Waals surface area contributed by atoms with Crippen LogP contribution in [-0.2, 0) is 28.6 Å². The molecule has 0 heterocycles. The Kier molecular flexibility index (Phi) is 50.8. The van der Waals surface area contributed by atoms with Gasteiger partial charge in [-0.2, -0.15) is 0 Å². The molecule has 0 saturated heterocycles. The molecule has 1 unspecified atom stereocenters. The van der Waals surface area contributed by atoms with Crippen molar-refractivity contribution in [2.75, 3.05) is 13.2 Å². The molecule has 0 aliphatic rings. The summed E-state index contributed by atoms with van der Waals surface area (Å²) in [6, 6.07) is 0. The van der Waals surface area contributed by atoms with Crippen molar-refractivity contribution in [2.24, 2.45) is 0 Å². The number of carbonyl (C=O) groups excluding carboxylic acids is 3. The minimum absolute atomic E-state index is 0.0794. The molecule has 372 valence electrons. The van der Waals surface area contributed by atoms with Crippen molar-refractivity contribution in [3.05, 3.63) is 48.6 Å². The van der Waals surface area contributed by atoms with Gasteiger partial charge in [0, 0.05) is 19.3 Å². The molecule has 0 amide bonds. The molecule has 6 nitrogen and oxygen atoms in total. The molecule has 0 spiro atoms. The van der Waals surface area contributed by atoms with Gasteiger partial charge in [-0.15, -0.1) is 0 Å². The van der Waals surface area contributed by atoms with Crippen molar-refractivity contribution >= 4 is 17.9 Å². The number of ether oxygens (including phenoxy) is 3. The summed E-state index contributed by atoms with van der Waals surface area (Å²) in [5.74, 6) is -0.888. The van der Waals surface area contributed by atoms with Gasteiger partial charge >= 0.3 is 17.9 Å². The third-order valence-corrected chi connectivity index (χ3v) is 12.1. The van der Waals surface area contributed by atoms with Crippen LogP contribution >= 0.6 is 0 Å². The van der Waals surface area contributed by atoms with Crippen LogP contribution in [0, 0.1) is 0 Å². The Bertz CT molecular complexity index is 1120. The monoisotopic (exact) mass is 897 g/mol. The van der Waals surface area contributed by atoms with Gasteiger partial charge in [0.05, 0.1) is 0 Å². The first kappa shape index (κ1) is 61.4. The Morgan fingerprint density at radius 1 is 0.312 bits per heavy atom. The smallest absolute Gasteiger partial charge is 0.306 e. The molecule has 0 radical (unpaired) electrons. The van der Waals surface area contributed by atoms with Gasteiger partial charge in [-0.25, -0.2) is 0 Å². The first-order chi connectivity index (χ1) is 31.5. The van der Waals surface area contributed by atoms with Crippen LogP contribution in [0.5, 0.6) is 0 Å². The predicted molar refractivity (Wildman–Crippen MR) is 275 cm³/mol. The van der Waals surface area contributed by atoms with Crippen LogP contribution in [0.1, 0.15) is 284 Å². The van der Waals surface area contributed by atoms with Crippen molar-refractivity contribution < 1.29 is 28.6 Å². The Labute approximate surface area is 397 Å². The Morgan fingerprint density at radius 3 is 0.938 bits per heavy atom. The molecular weight excluding hydrogens is 793 g/mol. The van der Waals surface area contributed by atoms with Crippen LogP contribution < -0.4 is 0 Å². The van der Waals surface area contributed by atoms with Crippen molar-refractivity contribution in [3.8, 4) is 0 Å². The summed E-state index contributed by atoms with van der Waals surface area (Å²) < 4.78 is 16.8. The van der Waals surface area contributed by atoms with E-state index < -0.39 is 6.10 Å². The predicted octanol–water partition coefficient (Wildman–Crippen LogP) is 18.3. The quantitative estimate of drug-likeness (QED) is 0.0262. The van der Waals surface area contributed by atoms with Crippen LogP contribution in [0.3, 0.4) is 0 Å². The molecule has 0 aliphatic carbocycles. The van der Waals surface area contributed by atoms with Gasteiger partial charge in [0.2, 0.25) is 0 Å². The lowest BCUT2D eigenvalue weighted by molar-refractivity contribution is -0.167. The molecule has 0 N–H and O–H groups in total. The fourth-order valence-corrected chi connectivity index (χ4v) is 7.84. The SMILES string of the molecule is CCCC/C=C\C/C=C\CCCCCCCC(=O)OCC(COC(=O)CCCCCCCCC/C=C\C/C=C\CCCCC)OC(=O)CCCCCCCCCCCCCCCCC. The van der Waals surface area contributed by atoms with E-state index in [1.54, 1.807) is 0 Å². The molecule has 6 heteroatoms. The van der Waals surface area contributed by atoms with Crippen LogP contribution in [0.25, 0.3) is 0 Å². The fraction of sp³-hybridized carbons (Fsp3) is 0.810. The minimum atomic E-state index is -0.779. The normalized spacial score (nSPS) is 12.4.